The Labute approximate surface area is 121 Å². The Morgan fingerprint density at radius 1 is 1.40 bits per heavy atom. The van der Waals surface area contributed by atoms with Crippen LogP contribution >= 0.6 is 0 Å². The van der Waals surface area contributed by atoms with Crippen LogP contribution in [0.25, 0.3) is 10.9 Å². The van der Waals surface area contributed by atoms with Crippen LogP contribution in [0.15, 0.2) is 36.5 Å². The van der Waals surface area contributed by atoms with E-state index in [1.165, 1.54) is 17.5 Å². The molecule has 1 aliphatic rings. The number of nitrogens with one attached hydrogen (secondary N) is 1. The summed E-state index contributed by atoms with van der Waals surface area (Å²) in [5.74, 6) is 0.722. The van der Waals surface area contributed by atoms with Crippen LogP contribution in [0.4, 0.5) is 5.69 Å². The third-order valence-electron chi connectivity index (χ3n) is 4.49. The van der Waals surface area contributed by atoms with E-state index in [-0.39, 0.29) is 0 Å². The van der Waals surface area contributed by atoms with Crippen LogP contribution in [-0.4, -0.2) is 30.7 Å². The van der Waals surface area contributed by atoms with E-state index in [4.69, 9.17) is 0 Å². The fourth-order valence-electron chi connectivity index (χ4n) is 2.94. The van der Waals surface area contributed by atoms with Gasteiger partial charge in [0.2, 0.25) is 0 Å². The summed E-state index contributed by atoms with van der Waals surface area (Å²) in [4.78, 5) is 6.89. The molecule has 0 saturated carbocycles. The molecule has 3 heteroatoms. The zero-order valence-corrected chi connectivity index (χ0v) is 12.3. The maximum absolute atomic E-state index is 4.39. The molecular formula is C17H23N3. The SMILES string of the molecule is CCC(C)C1CN(c2ccc3ncccc3c2)CCN1. The van der Waals surface area contributed by atoms with Crippen molar-refractivity contribution in [1.82, 2.24) is 10.3 Å². The highest BCUT2D eigenvalue weighted by atomic mass is 15.2. The molecule has 0 aliphatic carbocycles. The predicted molar refractivity (Wildman–Crippen MR) is 85.2 cm³/mol. The van der Waals surface area contributed by atoms with E-state index in [9.17, 15) is 0 Å². The summed E-state index contributed by atoms with van der Waals surface area (Å²) in [6, 6.07) is 11.3. The highest BCUT2D eigenvalue weighted by molar-refractivity contribution is 5.82. The summed E-state index contributed by atoms with van der Waals surface area (Å²) in [5.41, 5.74) is 2.39. The lowest BCUT2D eigenvalue weighted by Crippen LogP contribution is -2.53. The molecule has 0 amide bonds. The second-order valence-electron chi connectivity index (χ2n) is 5.77. The summed E-state index contributed by atoms with van der Waals surface area (Å²) >= 11 is 0. The molecule has 1 aromatic carbocycles. The van der Waals surface area contributed by atoms with Gasteiger partial charge >= 0.3 is 0 Å². The van der Waals surface area contributed by atoms with Crippen LogP contribution in [0, 0.1) is 5.92 Å². The van der Waals surface area contributed by atoms with Crippen LogP contribution in [-0.2, 0) is 0 Å². The molecule has 0 spiro atoms. The zero-order chi connectivity index (χ0) is 13.9. The molecule has 0 radical (unpaired) electrons. The molecule has 2 unspecified atom stereocenters. The van der Waals surface area contributed by atoms with Gasteiger partial charge in [-0.2, -0.15) is 0 Å². The van der Waals surface area contributed by atoms with Gasteiger partial charge in [0.1, 0.15) is 0 Å². The third-order valence-corrected chi connectivity index (χ3v) is 4.49. The van der Waals surface area contributed by atoms with Crippen LogP contribution < -0.4 is 10.2 Å². The lowest BCUT2D eigenvalue weighted by atomic mass is 9.97. The number of hydrogen-bond donors (Lipinski definition) is 1. The Morgan fingerprint density at radius 2 is 2.30 bits per heavy atom. The average molecular weight is 269 g/mol. The lowest BCUT2D eigenvalue weighted by molar-refractivity contribution is 0.342. The summed E-state index contributed by atoms with van der Waals surface area (Å²) in [6.07, 6.45) is 3.08. The minimum absolute atomic E-state index is 0.596. The fraction of sp³-hybridized carbons (Fsp3) is 0.471. The van der Waals surface area contributed by atoms with Crippen molar-refractivity contribution in [3.05, 3.63) is 36.5 Å². The number of nitrogens with zero attached hydrogens (tertiary/aromatic N) is 2. The number of aromatic nitrogens is 1. The molecule has 3 rings (SSSR count). The minimum atomic E-state index is 0.596. The van der Waals surface area contributed by atoms with Crippen molar-refractivity contribution in [1.29, 1.82) is 0 Å². The first-order valence-electron chi connectivity index (χ1n) is 7.61. The standard InChI is InChI=1S/C17H23N3/c1-3-13(2)17-12-20(10-9-19-17)15-6-7-16-14(11-15)5-4-8-18-16/h4-8,11,13,17,19H,3,9-10,12H2,1-2H3. The van der Waals surface area contributed by atoms with Gasteiger partial charge in [0.25, 0.3) is 0 Å². The third kappa shape index (κ3) is 2.63. The molecule has 1 N–H and O–H groups in total. The van der Waals surface area contributed by atoms with Crippen molar-refractivity contribution in [2.75, 3.05) is 24.5 Å². The molecule has 106 valence electrons. The van der Waals surface area contributed by atoms with E-state index in [1.54, 1.807) is 0 Å². The topological polar surface area (TPSA) is 28.2 Å². The molecule has 0 bridgehead atoms. The zero-order valence-electron chi connectivity index (χ0n) is 12.3. The van der Waals surface area contributed by atoms with Gasteiger partial charge in [0.05, 0.1) is 5.52 Å². The first-order valence-corrected chi connectivity index (χ1v) is 7.61. The lowest BCUT2D eigenvalue weighted by Gasteiger charge is -2.38. The molecule has 2 heterocycles. The Morgan fingerprint density at radius 3 is 3.15 bits per heavy atom. The van der Waals surface area contributed by atoms with E-state index < -0.39 is 0 Å². The van der Waals surface area contributed by atoms with E-state index in [0.717, 1.165) is 31.1 Å². The normalized spacial score (nSPS) is 21.1. The van der Waals surface area contributed by atoms with Crippen molar-refractivity contribution >= 4 is 16.6 Å². The molecule has 1 aliphatic heterocycles. The van der Waals surface area contributed by atoms with Crippen molar-refractivity contribution in [3.63, 3.8) is 0 Å². The molecule has 1 aromatic heterocycles. The van der Waals surface area contributed by atoms with Gasteiger partial charge in [0.15, 0.2) is 0 Å². The molecular weight excluding hydrogens is 246 g/mol. The highest BCUT2D eigenvalue weighted by Crippen LogP contribution is 2.23. The smallest absolute Gasteiger partial charge is 0.0703 e. The number of piperazine rings is 1. The van der Waals surface area contributed by atoms with Gasteiger partial charge in [-0.1, -0.05) is 26.3 Å². The quantitative estimate of drug-likeness (QED) is 0.928. The largest absolute Gasteiger partial charge is 0.369 e. The Kier molecular flexibility index (Phi) is 3.88. The number of hydrogen-bond acceptors (Lipinski definition) is 3. The van der Waals surface area contributed by atoms with Gasteiger partial charge in [-0.3, -0.25) is 4.98 Å². The Hall–Kier alpha value is -1.61. The highest BCUT2D eigenvalue weighted by Gasteiger charge is 2.23. The van der Waals surface area contributed by atoms with Crippen molar-refractivity contribution in [2.45, 2.75) is 26.3 Å². The molecule has 20 heavy (non-hydrogen) atoms. The molecule has 1 fully saturated rings. The number of fused-ring (bicyclic) bond motifs is 1. The molecule has 2 aromatic rings. The molecule has 2 atom stereocenters. The summed E-state index contributed by atoms with van der Waals surface area (Å²) in [5, 5.41) is 4.88. The van der Waals surface area contributed by atoms with Gasteiger partial charge < -0.3 is 10.2 Å². The van der Waals surface area contributed by atoms with Gasteiger partial charge in [0, 0.05) is 42.9 Å². The van der Waals surface area contributed by atoms with E-state index >= 15 is 0 Å². The fourth-order valence-corrected chi connectivity index (χ4v) is 2.94. The number of anilines is 1. The number of pyridine rings is 1. The second-order valence-corrected chi connectivity index (χ2v) is 5.77. The maximum atomic E-state index is 4.39. The van der Waals surface area contributed by atoms with Gasteiger partial charge in [-0.15, -0.1) is 0 Å². The maximum Gasteiger partial charge on any atom is 0.0703 e. The average Bonchev–Trinajstić information content (AvgIpc) is 2.53. The van der Waals surface area contributed by atoms with E-state index in [0.29, 0.717) is 6.04 Å². The molecule has 3 nitrogen and oxygen atoms in total. The minimum Gasteiger partial charge on any atom is -0.369 e. The van der Waals surface area contributed by atoms with Crippen LogP contribution in [0.2, 0.25) is 0 Å². The first-order chi connectivity index (χ1) is 9.78. The van der Waals surface area contributed by atoms with Crippen LogP contribution in [0.5, 0.6) is 0 Å². The summed E-state index contributed by atoms with van der Waals surface area (Å²) in [6.45, 7) is 7.86. The monoisotopic (exact) mass is 269 g/mol. The van der Waals surface area contributed by atoms with Crippen LogP contribution in [0.1, 0.15) is 20.3 Å². The van der Waals surface area contributed by atoms with E-state index in [2.05, 4.69) is 53.3 Å². The van der Waals surface area contributed by atoms with Gasteiger partial charge in [-0.25, -0.2) is 0 Å². The summed E-state index contributed by atoms with van der Waals surface area (Å²) in [7, 11) is 0. The van der Waals surface area contributed by atoms with Gasteiger partial charge in [-0.05, 0) is 30.2 Å². The predicted octanol–water partition coefficient (Wildman–Crippen LogP) is 3.06. The number of benzene rings is 1. The summed E-state index contributed by atoms with van der Waals surface area (Å²) < 4.78 is 0. The van der Waals surface area contributed by atoms with Crippen LogP contribution in [0.3, 0.4) is 0 Å². The first kappa shape index (κ1) is 13.4. The van der Waals surface area contributed by atoms with Crippen molar-refractivity contribution in [3.8, 4) is 0 Å². The van der Waals surface area contributed by atoms with Crippen molar-refractivity contribution < 1.29 is 0 Å². The Balaban J connectivity index is 1.83. The van der Waals surface area contributed by atoms with Crippen molar-refractivity contribution in [2.24, 2.45) is 5.92 Å². The van der Waals surface area contributed by atoms with E-state index in [1.807, 2.05) is 12.3 Å². The number of rotatable bonds is 3. The Bertz CT molecular complexity index is 581. The second kappa shape index (κ2) is 5.80. The molecule has 1 saturated heterocycles.